The first-order chi connectivity index (χ1) is 10.7. The molecule has 1 amide bonds. The second kappa shape index (κ2) is 7.60. The molecule has 2 fully saturated rings. The fourth-order valence-corrected chi connectivity index (χ4v) is 4.28. The summed E-state index contributed by atoms with van der Waals surface area (Å²) < 4.78 is 1.14. The van der Waals surface area contributed by atoms with Gasteiger partial charge in [-0.25, -0.2) is 0 Å². The number of carbonyl (C=O) groups is 1. The van der Waals surface area contributed by atoms with Crippen molar-refractivity contribution in [2.45, 2.75) is 38.6 Å². The molecule has 120 valence electrons. The average molecular weight is 366 g/mol. The summed E-state index contributed by atoms with van der Waals surface area (Å²) in [6.07, 6.45) is 5.92. The molecule has 3 rings (SSSR count). The van der Waals surface area contributed by atoms with Gasteiger partial charge in [-0.3, -0.25) is 4.79 Å². The van der Waals surface area contributed by atoms with Gasteiger partial charge < -0.3 is 9.80 Å². The van der Waals surface area contributed by atoms with Crippen LogP contribution in [-0.2, 0) is 11.3 Å². The van der Waals surface area contributed by atoms with Crippen LogP contribution in [0.5, 0.6) is 0 Å². The maximum Gasteiger partial charge on any atom is 0.231 e. The molecule has 0 aliphatic carbocycles. The number of amides is 1. The Morgan fingerprint density at radius 1 is 1.23 bits per heavy atom. The Bertz CT molecular complexity index is 514. The fraction of sp³-hybridized carbons (Fsp3) is 0.611. The highest BCUT2D eigenvalue weighted by atomic mass is 79.9. The van der Waals surface area contributed by atoms with Crippen LogP contribution >= 0.6 is 15.9 Å². The molecule has 0 saturated carbocycles. The number of quaternary nitrogens is 1. The van der Waals surface area contributed by atoms with Gasteiger partial charge in [0.05, 0.1) is 19.0 Å². The number of nitrogens with zero attached hydrogens (tertiary/aromatic N) is 1. The Balaban J connectivity index is 1.57. The number of carbonyl (C=O) groups excluding carboxylic acids is 1. The van der Waals surface area contributed by atoms with Crippen molar-refractivity contribution in [2.75, 3.05) is 26.2 Å². The second-order valence-electron chi connectivity index (χ2n) is 6.74. The van der Waals surface area contributed by atoms with Crippen molar-refractivity contribution in [3.63, 3.8) is 0 Å². The average Bonchev–Trinajstić information content (AvgIpc) is 2.55. The molecule has 4 heteroatoms. The van der Waals surface area contributed by atoms with E-state index in [2.05, 4.69) is 45.1 Å². The monoisotopic (exact) mass is 365 g/mol. The van der Waals surface area contributed by atoms with Crippen molar-refractivity contribution >= 4 is 21.8 Å². The standard InChI is InChI=1S/C18H25BrN2O/c19-17-8-4-6-15(12-17)13-20-9-5-7-16(14-20)18(22)21-10-2-1-3-11-21/h4,6,8,12,16H,1-3,5,7,9-11,13-14H2/p+1/t16-/m0/s1. The van der Waals surface area contributed by atoms with Gasteiger partial charge in [0, 0.05) is 23.1 Å². The van der Waals surface area contributed by atoms with Gasteiger partial charge in [0.25, 0.3) is 0 Å². The molecule has 1 unspecified atom stereocenters. The number of piperidine rings is 2. The lowest BCUT2D eigenvalue weighted by Crippen LogP contribution is -3.12. The van der Waals surface area contributed by atoms with Crippen molar-refractivity contribution in [2.24, 2.45) is 5.92 Å². The lowest BCUT2D eigenvalue weighted by molar-refractivity contribution is -0.921. The minimum atomic E-state index is 0.244. The minimum Gasteiger partial charge on any atom is -0.342 e. The third-order valence-corrected chi connectivity index (χ3v) is 5.47. The van der Waals surface area contributed by atoms with Gasteiger partial charge in [-0.05, 0) is 44.2 Å². The molecular formula is C18H26BrN2O+. The molecule has 0 aromatic heterocycles. The molecule has 2 heterocycles. The SMILES string of the molecule is O=C([C@H]1CCC[NH+](Cc2cccc(Br)c2)C1)N1CCCCC1. The summed E-state index contributed by atoms with van der Waals surface area (Å²) >= 11 is 3.54. The van der Waals surface area contributed by atoms with Crippen molar-refractivity contribution < 1.29 is 9.69 Å². The van der Waals surface area contributed by atoms with Crippen LogP contribution in [0.4, 0.5) is 0 Å². The molecule has 2 aliphatic heterocycles. The van der Waals surface area contributed by atoms with Gasteiger partial charge in [-0.2, -0.15) is 0 Å². The van der Waals surface area contributed by atoms with Crippen molar-refractivity contribution in [3.05, 3.63) is 34.3 Å². The number of likely N-dealkylation sites (tertiary alicyclic amines) is 2. The largest absolute Gasteiger partial charge is 0.342 e. The number of halogens is 1. The molecule has 2 atom stereocenters. The Morgan fingerprint density at radius 2 is 2.05 bits per heavy atom. The van der Waals surface area contributed by atoms with Crippen LogP contribution in [0.1, 0.15) is 37.7 Å². The Labute approximate surface area is 141 Å². The van der Waals surface area contributed by atoms with E-state index in [4.69, 9.17) is 0 Å². The Kier molecular flexibility index (Phi) is 5.53. The molecule has 0 radical (unpaired) electrons. The van der Waals surface area contributed by atoms with Crippen LogP contribution in [0.15, 0.2) is 28.7 Å². The summed E-state index contributed by atoms with van der Waals surface area (Å²) in [5, 5.41) is 0. The van der Waals surface area contributed by atoms with Gasteiger partial charge in [-0.15, -0.1) is 0 Å². The molecule has 22 heavy (non-hydrogen) atoms. The third-order valence-electron chi connectivity index (χ3n) is 4.98. The molecule has 1 aromatic carbocycles. The van der Waals surface area contributed by atoms with E-state index in [0.29, 0.717) is 5.91 Å². The van der Waals surface area contributed by atoms with E-state index in [1.165, 1.54) is 37.8 Å². The van der Waals surface area contributed by atoms with Crippen molar-refractivity contribution in [3.8, 4) is 0 Å². The van der Waals surface area contributed by atoms with E-state index in [9.17, 15) is 4.79 Å². The summed E-state index contributed by atoms with van der Waals surface area (Å²) in [7, 11) is 0. The summed E-state index contributed by atoms with van der Waals surface area (Å²) in [4.78, 5) is 16.4. The zero-order valence-electron chi connectivity index (χ0n) is 13.2. The minimum absolute atomic E-state index is 0.244. The number of nitrogens with one attached hydrogen (secondary N) is 1. The van der Waals surface area contributed by atoms with Gasteiger partial charge in [-0.1, -0.05) is 28.1 Å². The maximum absolute atomic E-state index is 12.7. The van der Waals surface area contributed by atoms with Crippen molar-refractivity contribution in [1.82, 2.24) is 4.90 Å². The van der Waals surface area contributed by atoms with Crippen LogP contribution in [0.2, 0.25) is 0 Å². The van der Waals surface area contributed by atoms with E-state index >= 15 is 0 Å². The van der Waals surface area contributed by atoms with E-state index < -0.39 is 0 Å². The van der Waals surface area contributed by atoms with Crippen LogP contribution in [0.25, 0.3) is 0 Å². The Morgan fingerprint density at radius 3 is 2.82 bits per heavy atom. The molecule has 2 aliphatic rings. The topological polar surface area (TPSA) is 24.8 Å². The first-order valence-corrected chi connectivity index (χ1v) is 9.38. The summed E-state index contributed by atoms with van der Waals surface area (Å²) in [6.45, 7) is 5.19. The number of hydrogen-bond acceptors (Lipinski definition) is 1. The van der Waals surface area contributed by atoms with Crippen LogP contribution in [-0.4, -0.2) is 37.0 Å². The molecule has 2 saturated heterocycles. The van der Waals surface area contributed by atoms with Gasteiger partial charge >= 0.3 is 0 Å². The van der Waals surface area contributed by atoms with E-state index in [0.717, 1.165) is 37.1 Å². The summed E-state index contributed by atoms with van der Waals surface area (Å²) in [6, 6.07) is 8.55. The normalized spacial score (nSPS) is 26.0. The van der Waals surface area contributed by atoms with E-state index in [1.54, 1.807) is 4.90 Å². The predicted molar refractivity (Wildman–Crippen MR) is 91.7 cm³/mol. The lowest BCUT2D eigenvalue weighted by atomic mass is 9.95. The lowest BCUT2D eigenvalue weighted by Gasteiger charge is -2.34. The van der Waals surface area contributed by atoms with Crippen molar-refractivity contribution in [1.29, 1.82) is 0 Å². The first-order valence-electron chi connectivity index (χ1n) is 8.59. The van der Waals surface area contributed by atoms with Crippen LogP contribution in [0, 0.1) is 5.92 Å². The predicted octanol–water partition coefficient (Wildman–Crippen LogP) is 2.26. The Hall–Kier alpha value is -0.870. The molecular weight excluding hydrogens is 340 g/mol. The van der Waals surface area contributed by atoms with E-state index in [-0.39, 0.29) is 5.92 Å². The first kappa shape index (κ1) is 16.0. The van der Waals surface area contributed by atoms with E-state index in [1.807, 2.05) is 0 Å². The molecule has 3 nitrogen and oxygen atoms in total. The number of rotatable bonds is 3. The van der Waals surface area contributed by atoms with Crippen LogP contribution in [0.3, 0.4) is 0 Å². The highest BCUT2D eigenvalue weighted by Crippen LogP contribution is 2.17. The molecule has 1 aromatic rings. The highest BCUT2D eigenvalue weighted by Gasteiger charge is 2.32. The maximum atomic E-state index is 12.7. The van der Waals surface area contributed by atoms with Gasteiger partial charge in [0.1, 0.15) is 6.54 Å². The molecule has 0 bridgehead atoms. The van der Waals surface area contributed by atoms with Crippen LogP contribution < -0.4 is 4.90 Å². The van der Waals surface area contributed by atoms with Gasteiger partial charge in [0.15, 0.2) is 0 Å². The highest BCUT2D eigenvalue weighted by molar-refractivity contribution is 9.10. The third kappa shape index (κ3) is 4.11. The van der Waals surface area contributed by atoms with Gasteiger partial charge in [0.2, 0.25) is 5.91 Å². The smallest absolute Gasteiger partial charge is 0.231 e. The number of benzene rings is 1. The summed E-state index contributed by atoms with van der Waals surface area (Å²) in [5.41, 5.74) is 1.36. The fourth-order valence-electron chi connectivity index (χ4n) is 3.83. The zero-order valence-corrected chi connectivity index (χ0v) is 14.8. The molecule has 1 N–H and O–H groups in total. The number of hydrogen-bond donors (Lipinski definition) is 1. The second-order valence-corrected chi connectivity index (χ2v) is 7.65. The zero-order chi connectivity index (χ0) is 15.4. The molecule has 0 spiro atoms. The quantitative estimate of drug-likeness (QED) is 0.872. The summed E-state index contributed by atoms with van der Waals surface area (Å²) in [5.74, 6) is 0.667.